The van der Waals surface area contributed by atoms with Gasteiger partial charge in [-0.3, -0.25) is 0 Å². The first-order chi connectivity index (χ1) is 11.8. The second-order valence-corrected chi connectivity index (χ2v) is 8.65. The van der Waals surface area contributed by atoms with Crippen LogP contribution in [0.2, 0.25) is 0 Å². The molecular weight excluding hydrogens is 328 g/mol. The number of hydrogen-bond donors (Lipinski definition) is 2. The lowest BCUT2D eigenvalue weighted by Crippen LogP contribution is -2.54. The van der Waals surface area contributed by atoms with Gasteiger partial charge in [-0.25, -0.2) is 14.9 Å². The number of carboxylic acid groups (broad SMARTS) is 1. The van der Waals surface area contributed by atoms with Crippen LogP contribution in [-0.4, -0.2) is 40.8 Å². The molecule has 142 valence electrons. The van der Waals surface area contributed by atoms with Gasteiger partial charge in [-0.2, -0.15) is 0 Å². The second-order valence-electron chi connectivity index (χ2n) is 8.65. The molecule has 2 saturated heterocycles. The molecule has 2 unspecified atom stereocenters. The minimum atomic E-state index is -1.11. The highest BCUT2D eigenvalue weighted by molar-refractivity contribution is 5.68. The summed E-state index contributed by atoms with van der Waals surface area (Å²) >= 11 is 0. The first-order valence-electron chi connectivity index (χ1n) is 9.31. The Bertz CT molecular complexity index is 568. The molecule has 2 heterocycles. The van der Waals surface area contributed by atoms with Crippen molar-refractivity contribution in [1.29, 1.82) is 0 Å². The Balaban J connectivity index is 1.68. The van der Waals surface area contributed by atoms with E-state index in [-0.39, 0.29) is 11.3 Å². The van der Waals surface area contributed by atoms with Crippen LogP contribution >= 0.6 is 0 Å². The fourth-order valence-electron chi connectivity index (χ4n) is 6.14. The van der Waals surface area contributed by atoms with Crippen molar-refractivity contribution < 1.29 is 34.3 Å². The summed E-state index contributed by atoms with van der Waals surface area (Å²) in [4.78, 5) is 15.6. The molecule has 7 heteroatoms. The summed E-state index contributed by atoms with van der Waals surface area (Å²) in [6, 6.07) is 0. The van der Waals surface area contributed by atoms with Crippen molar-refractivity contribution in [1.82, 2.24) is 0 Å². The molecule has 0 amide bonds. The number of carbonyl (C=O) groups is 1. The zero-order valence-electron chi connectivity index (χ0n) is 15.1. The third-order valence-corrected chi connectivity index (χ3v) is 7.28. The summed E-state index contributed by atoms with van der Waals surface area (Å²) in [6.45, 7) is 5.73. The summed E-state index contributed by atoms with van der Waals surface area (Å²) in [5, 5.41) is 18.4. The van der Waals surface area contributed by atoms with Crippen molar-refractivity contribution in [3.63, 3.8) is 0 Å². The van der Waals surface area contributed by atoms with Crippen LogP contribution in [0.15, 0.2) is 0 Å². The summed E-state index contributed by atoms with van der Waals surface area (Å²) in [5.74, 6) is -1.48. The third kappa shape index (κ3) is 2.40. The first-order valence-corrected chi connectivity index (χ1v) is 9.31. The summed E-state index contributed by atoms with van der Waals surface area (Å²) in [7, 11) is 0. The van der Waals surface area contributed by atoms with Crippen molar-refractivity contribution in [2.24, 2.45) is 29.1 Å². The van der Waals surface area contributed by atoms with Gasteiger partial charge in [0.25, 0.3) is 0 Å². The molecule has 25 heavy (non-hydrogen) atoms. The molecule has 0 aromatic carbocycles. The van der Waals surface area contributed by atoms with Crippen molar-refractivity contribution >= 4 is 5.97 Å². The smallest absolute Gasteiger partial charge is 0.329 e. The lowest BCUT2D eigenvalue weighted by Gasteiger charge is -2.51. The number of ether oxygens (including phenoxy) is 3. The first kappa shape index (κ1) is 17.7. The van der Waals surface area contributed by atoms with E-state index in [4.69, 9.17) is 24.2 Å². The van der Waals surface area contributed by atoms with Crippen LogP contribution in [0.25, 0.3) is 0 Å². The van der Waals surface area contributed by atoms with Crippen LogP contribution in [0, 0.1) is 29.1 Å². The minimum Gasteiger partial charge on any atom is -0.480 e. The SMILES string of the molecule is C[C@@H]1CCC2[C@@H](C)[C@@H](OCC(=O)O)O[C@]34C[C@]23C1CC[C@@](C)(OO)O4. The van der Waals surface area contributed by atoms with E-state index in [2.05, 4.69) is 13.8 Å². The predicted octanol–water partition coefficient (Wildman–Crippen LogP) is 2.84. The van der Waals surface area contributed by atoms with E-state index in [1.165, 1.54) is 0 Å². The topological polar surface area (TPSA) is 94.5 Å². The highest BCUT2D eigenvalue weighted by Gasteiger charge is 2.83. The molecular formula is C18H28O7. The predicted molar refractivity (Wildman–Crippen MR) is 85.2 cm³/mol. The zero-order valence-corrected chi connectivity index (χ0v) is 15.1. The average Bonchev–Trinajstić information content (AvgIpc) is 3.20. The van der Waals surface area contributed by atoms with E-state index in [1.54, 1.807) is 6.92 Å². The molecule has 4 fully saturated rings. The molecule has 1 spiro atoms. The Morgan fingerprint density at radius 1 is 1.24 bits per heavy atom. The van der Waals surface area contributed by atoms with E-state index in [9.17, 15) is 10.1 Å². The summed E-state index contributed by atoms with van der Waals surface area (Å²) in [5.41, 5.74) is -0.0799. The molecule has 8 atom stereocenters. The van der Waals surface area contributed by atoms with Crippen molar-refractivity contribution in [2.75, 3.05) is 6.61 Å². The molecule has 4 rings (SSSR count). The lowest BCUT2D eigenvalue weighted by molar-refractivity contribution is -0.450. The number of carboxylic acids is 1. The summed E-state index contributed by atoms with van der Waals surface area (Å²) in [6.07, 6.45) is 3.87. The van der Waals surface area contributed by atoms with Gasteiger partial charge < -0.3 is 19.3 Å². The Hall–Kier alpha value is -0.730. The van der Waals surface area contributed by atoms with Crippen molar-refractivity contribution in [3.8, 4) is 0 Å². The molecule has 2 aliphatic carbocycles. The number of rotatable bonds is 4. The monoisotopic (exact) mass is 356 g/mol. The van der Waals surface area contributed by atoms with E-state index < -0.39 is 30.4 Å². The average molecular weight is 356 g/mol. The molecule has 2 N–H and O–H groups in total. The highest BCUT2D eigenvalue weighted by Crippen LogP contribution is 2.78. The summed E-state index contributed by atoms with van der Waals surface area (Å²) < 4.78 is 18.1. The normalized spacial score (nSPS) is 54.2. The molecule has 7 nitrogen and oxygen atoms in total. The quantitative estimate of drug-likeness (QED) is 0.591. The maximum Gasteiger partial charge on any atom is 0.329 e. The van der Waals surface area contributed by atoms with Gasteiger partial charge in [0, 0.05) is 24.2 Å². The Morgan fingerprint density at radius 2 is 2.00 bits per heavy atom. The molecule has 4 aliphatic rings. The van der Waals surface area contributed by atoms with Crippen LogP contribution in [0.5, 0.6) is 0 Å². The fourth-order valence-corrected chi connectivity index (χ4v) is 6.14. The van der Waals surface area contributed by atoms with Gasteiger partial charge in [0.2, 0.25) is 5.79 Å². The van der Waals surface area contributed by atoms with E-state index >= 15 is 0 Å². The Kier molecular flexibility index (Phi) is 3.98. The lowest BCUT2D eigenvalue weighted by atomic mass is 9.58. The highest BCUT2D eigenvalue weighted by atomic mass is 17.2. The van der Waals surface area contributed by atoms with E-state index in [0.29, 0.717) is 24.2 Å². The van der Waals surface area contributed by atoms with Crippen molar-refractivity contribution in [3.05, 3.63) is 0 Å². The van der Waals surface area contributed by atoms with Gasteiger partial charge in [-0.05, 0) is 37.5 Å². The largest absolute Gasteiger partial charge is 0.480 e. The molecule has 0 bridgehead atoms. The maximum atomic E-state index is 10.9. The Morgan fingerprint density at radius 3 is 2.68 bits per heavy atom. The minimum absolute atomic E-state index is 0.0799. The maximum absolute atomic E-state index is 10.9. The van der Waals surface area contributed by atoms with Crippen LogP contribution in [0.4, 0.5) is 0 Å². The van der Waals surface area contributed by atoms with Gasteiger partial charge in [0.05, 0.1) is 0 Å². The Labute approximate surface area is 147 Å². The zero-order chi connectivity index (χ0) is 18.0. The second kappa shape index (κ2) is 5.63. The fraction of sp³-hybridized carbons (Fsp3) is 0.944. The van der Waals surface area contributed by atoms with Crippen LogP contribution in [0.3, 0.4) is 0 Å². The van der Waals surface area contributed by atoms with Crippen LogP contribution < -0.4 is 0 Å². The number of aliphatic carboxylic acids is 1. The molecule has 0 aromatic heterocycles. The molecule has 2 saturated carbocycles. The number of hydrogen-bond acceptors (Lipinski definition) is 6. The van der Waals surface area contributed by atoms with Crippen molar-refractivity contribution in [2.45, 2.75) is 70.7 Å². The molecule has 0 radical (unpaired) electrons. The van der Waals surface area contributed by atoms with E-state index in [1.807, 2.05) is 0 Å². The third-order valence-electron chi connectivity index (χ3n) is 7.28. The van der Waals surface area contributed by atoms with Gasteiger partial charge >= 0.3 is 5.97 Å². The molecule has 0 aromatic rings. The van der Waals surface area contributed by atoms with Gasteiger partial charge in [-0.1, -0.05) is 20.3 Å². The standard InChI is InChI=1S/C18H28O7/c1-10-4-5-13-11(2)15(22-8-14(19)20)23-18-9-17(13,18)12(10)6-7-16(3,24-18)25-21/h10-13,15,21H,4-9H2,1-3H3,(H,19,20)/t10-,11-,12?,13?,15+,16-,17+,18+/m1/s1. The van der Waals surface area contributed by atoms with Gasteiger partial charge in [0.1, 0.15) is 6.61 Å². The van der Waals surface area contributed by atoms with Gasteiger partial charge in [-0.15, -0.1) is 0 Å². The van der Waals surface area contributed by atoms with E-state index in [0.717, 1.165) is 25.7 Å². The molecule has 2 aliphatic heterocycles. The van der Waals surface area contributed by atoms with Crippen LogP contribution in [-0.2, 0) is 23.9 Å². The van der Waals surface area contributed by atoms with Gasteiger partial charge in [0.15, 0.2) is 12.1 Å². The van der Waals surface area contributed by atoms with Crippen LogP contribution in [0.1, 0.15) is 52.9 Å².